The summed E-state index contributed by atoms with van der Waals surface area (Å²) in [7, 11) is 0. The van der Waals surface area contributed by atoms with E-state index in [1.807, 2.05) is 19.1 Å². The third kappa shape index (κ3) is 1.99. The number of nitrogens with one attached hydrogen (secondary N) is 2. The number of carbonyl (C=O) groups is 1. The second-order valence-electron chi connectivity index (χ2n) is 4.27. The normalized spacial score (nSPS) is 13.9. The van der Waals surface area contributed by atoms with E-state index in [0.717, 1.165) is 17.2 Å². The number of amides is 1. The molecule has 3 rings (SSSR count). The third-order valence-electron chi connectivity index (χ3n) is 3.03. The molecule has 0 aromatic carbocycles. The van der Waals surface area contributed by atoms with Gasteiger partial charge in [-0.3, -0.25) is 9.89 Å². The molecule has 7 heteroatoms. The number of halogens is 1. The van der Waals surface area contributed by atoms with Crippen LogP contribution in [0.3, 0.4) is 0 Å². The lowest BCUT2D eigenvalue weighted by molar-refractivity contribution is 0.0981. The highest BCUT2D eigenvalue weighted by Gasteiger charge is 2.27. The Labute approximate surface area is 118 Å². The van der Waals surface area contributed by atoms with Gasteiger partial charge >= 0.3 is 0 Å². The molecule has 6 nitrogen and oxygen atoms in total. The molecular weight excluding hydrogens is 310 g/mol. The Balaban J connectivity index is 2.00. The van der Waals surface area contributed by atoms with Crippen LogP contribution >= 0.6 is 15.9 Å². The number of anilines is 2. The van der Waals surface area contributed by atoms with Gasteiger partial charge in [-0.15, -0.1) is 0 Å². The highest BCUT2D eigenvalue weighted by Crippen LogP contribution is 2.29. The van der Waals surface area contributed by atoms with Gasteiger partial charge in [-0.05, 0) is 35.0 Å². The van der Waals surface area contributed by atoms with Gasteiger partial charge in [0.05, 0.1) is 10.2 Å². The molecule has 0 bridgehead atoms. The number of pyridine rings is 1. The van der Waals surface area contributed by atoms with Crippen molar-refractivity contribution >= 4 is 33.3 Å². The molecule has 0 atom stereocenters. The topological polar surface area (TPSA) is 73.9 Å². The van der Waals surface area contributed by atoms with Crippen molar-refractivity contribution < 1.29 is 4.79 Å². The van der Waals surface area contributed by atoms with E-state index in [4.69, 9.17) is 0 Å². The molecule has 1 amide bonds. The monoisotopic (exact) mass is 321 g/mol. The second kappa shape index (κ2) is 4.65. The van der Waals surface area contributed by atoms with Crippen LogP contribution in [0.1, 0.15) is 16.2 Å². The van der Waals surface area contributed by atoms with Crippen LogP contribution in [-0.2, 0) is 0 Å². The summed E-state index contributed by atoms with van der Waals surface area (Å²) >= 11 is 3.38. The summed E-state index contributed by atoms with van der Waals surface area (Å²) in [5.41, 5.74) is 2.02. The molecular formula is C12H12BrN5O. The highest BCUT2D eigenvalue weighted by atomic mass is 79.9. The van der Waals surface area contributed by atoms with Crippen molar-refractivity contribution in [2.45, 2.75) is 6.92 Å². The summed E-state index contributed by atoms with van der Waals surface area (Å²) in [5, 5.41) is 10.0. The zero-order valence-corrected chi connectivity index (χ0v) is 11.9. The SMILES string of the molecule is Cc1[nH]nc(C(=O)N2CCNc3ncccc32)c1Br. The van der Waals surface area contributed by atoms with Gasteiger partial charge in [0.15, 0.2) is 5.69 Å². The predicted molar refractivity (Wildman–Crippen MR) is 75.4 cm³/mol. The number of carbonyl (C=O) groups excluding carboxylic acids is 1. The molecule has 0 saturated heterocycles. The lowest BCUT2D eigenvalue weighted by Gasteiger charge is -2.28. The molecule has 1 aliphatic rings. The molecule has 1 aliphatic heterocycles. The van der Waals surface area contributed by atoms with Gasteiger partial charge in [-0.2, -0.15) is 5.10 Å². The zero-order valence-electron chi connectivity index (χ0n) is 10.3. The Morgan fingerprint density at radius 2 is 2.37 bits per heavy atom. The van der Waals surface area contributed by atoms with E-state index in [1.54, 1.807) is 11.1 Å². The average molecular weight is 322 g/mol. The summed E-state index contributed by atoms with van der Waals surface area (Å²) < 4.78 is 0.710. The maximum Gasteiger partial charge on any atom is 0.280 e. The minimum absolute atomic E-state index is 0.132. The van der Waals surface area contributed by atoms with Crippen molar-refractivity contribution in [1.82, 2.24) is 15.2 Å². The lowest BCUT2D eigenvalue weighted by atomic mass is 10.2. The van der Waals surface area contributed by atoms with Crippen LogP contribution in [0, 0.1) is 6.92 Å². The van der Waals surface area contributed by atoms with Crippen molar-refractivity contribution in [3.05, 3.63) is 34.2 Å². The summed E-state index contributed by atoms with van der Waals surface area (Å²) in [5.74, 6) is 0.595. The number of hydrogen-bond acceptors (Lipinski definition) is 4. The predicted octanol–water partition coefficient (Wildman–Crippen LogP) is 1.95. The Kier molecular flexibility index (Phi) is 2.98. The minimum atomic E-state index is -0.132. The van der Waals surface area contributed by atoms with E-state index in [-0.39, 0.29) is 5.91 Å². The number of H-pyrrole nitrogens is 1. The van der Waals surface area contributed by atoms with E-state index in [0.29, 0.717) is 23.3 Å². The molecule has 2 aromatic heterocycles. The van der Waals surface area contributed by atoms with E-state index in [2.05, 4.69) is 36.4 Å². The number of nitrogens with zero attached hydrogens (tertiary/aromatic N) is 3. The minimum Gasteiger partial charge on any atom is -0.367 e. The van der Waals surface area contributed by atoms with Crippen LogP contribution in [0.5, 0.6) is 0 Å². The molecule has 0 radical (unpaired) electrons. The molecule has 0 spiro atoms. The number of fused-ring (bicyclic) bond motifs is 1. The first kappa shape index (κ1) is 12.2. The fraction of sp³-hybridized carbons (Fsp3) is 0.250. The summed E-state index contributed by atoms with van der Waals surface area (Å²) in [6.45, 7) is 3.13. The van der Waals surface area contributed by atoms with Gasteiger partial charge in [0.2, 0.25) is 0 Å². The molecule has 0 fully saturated rings. The highest BCUT2D eigenvalue weighted by molar-refractivity contribution is 9.10. The standard InChI is InChI=1S/C12H12BrN5O/c1-7-9(13)10(17-16-7)12(19)18-6-5-15-11-8(18)3-2-4-14-11/h2-4H,5-6H2,1H3,(H,14,15)(H,16,17). The number of aromatic nitrogens is 3. The van der Waals surface area contributed by atoms with Gasteiger partial charge in [0.1, 0.15) is 5.82 Å². The Bertz CT molecular complexity index is 639. The lowest BCUT2D eigenvalue weighted by Crippen LogP contribution is -2.39. The van der Waals surface area contributed by atoms with Crippen LogP contribution in [0.15, 0.2) is 22.8 Å². The molecule has 19 heavy (non-hydrogen) atoms. The van der Waals surface area contributed by atoms with Gasteiger partial charge in [0.25, 0.3) is 5.91 Å². The number of rotatable bonds is 1. The van der Waals surface area contributed by atoms with Crippen molar-refractivity contribution in [3.63, 3.8) is 0 Å². The maximum absolute atomic E-state index is 12.6. The number of hydrogen-bond donors (Lipinski definition) is 2. The number of aryl methyl sites for hydroxylation is 1. The van der Waals surface area contributed by atoms with Crippen molar-refractivity contribution in [1.29, 1.82) is 0 Å². The van der Waals surface area contributed by atoms with Gasteiger partial charge in [-0.1, -0.05) is 0 Å². The Morgan fingerprint density at radius 1 is 1.53 bits per heavy atom. The van der Waals surface area contributed by atoms with Crippen LogP contribution in [0.4, 0.5) is 11.5 Å². The van der Waals surface area contributed by atoms with Gasteiger partial charge < -0.3 is 10.2 Å². The van der Waals surface area contributed by atoms with Crippen molar-refractivity contribution in [2.24, 2.45) is 0 Å². The largest absolute Gasteiger partial charge is 0.367 e. The Morgan fingerprint density at radius 3 is 3.11 bits per heavy atom. The fourth-order valence-electron chi connectivity index (χ4n) is 2.05. The van der Waals surface area contributed by atoms with E-state index in [1.165, 1.54) is 0 Å². The van der Waals surface area contributed by atoms with Crippen LogP contribution in [0.2, 0.25) is 0 Å². The van der Waals surface area contributed by atoms with E-state index in [9.17, 15) is 4.79 Å². The molecule has 98 valence electrons. The van der Waals surface area contributed by atoms with Crippen LogP contribution < -0.4 is 10.2 Å². The molecule has 3 heterocycles. The second-order valence-corrected chi connectivity index (χ2v) is 5.06. The van der Waals surface area contributed by atoms with E-state index >= 15 is 0 Å². The molecule has 0 unspecified atom stereocenters. The molecule has 2 N–H and O–H groups in total. The summed E-state index contributed by atoms with van der Waals surface area (Å²) in [6.07, 6.45) is 1.70. The average Bonchev–Trinajstić information content (AvgIpc) is 2.78. The van der Waals surface area contributed by atoms with Crippen molar-refractivity contribution in [2.75, 3.05) is 23.3 Å². The summed E-state index contributed by atoms with van der Waals surface area (Å²) in [4.78, 5) is 18.5. The Hall–Kier alpha value is -1.89. The first-order valence-corrected chi connectivity index (χ1v) is 6.69. The smallest absolute Gasteiger partial charge is 0.280 e. The maximum atomic E-state index is 12.6. The molecule has 2 aromatic rings. The quantitative estimate of drug-likeness (QED) is 0.842. The third-order valence-corrected chi connectivity index (χ3v) is 4.00. The first-order chi connectivity index (χ1) is 9.18. The number of aromatic amines is 1. The van der Waals surface area contributed by atoms with Crippen LogP contribution in [0.25, 0.3) is 0 Å². The van der Waals surface area contributed by atoms with Gasteiger partial charge in [-0.25, -0.2) is 4.98 Å². The van der Waals surface area contributed by atoms with Crippen molar-refractivity contribution in [3.8, 4) is 0 Å². The zero-order chi connectivity index (χ0) is 13.4. The summed E-state index contributed by atoms with van der Waals surface area (Å²) in [6, 6.07) is 3.69. The molecule has 0 saturated carbocycles. The van der Waals surface area contributed by atoms with Crippen LogP contribution in [-0.4, -0.2) is 34.2 Å². The fourth-order valence-corrected chi connectivity index (χ4v) is 2.40. The first-order valence-electron chi connectivity index (χ1n) is 5.89. The molecule has 0 aliphatic carbocycles. The van der Waals surface area contributed by atoms with E-state index < -0.39 is 0 Å². The van der Waals surface area contributed by atoms with Gasteiger partial charge in [0, 0.05) is 25.0 Å².